The summed E-state index contributed by atoms with van der Waals surface area (Å²) in [6, 6.07) is 4.48. The van der Waals surface area contributed by atoms with Crippen molar-refractivity contribution < 1.29 is 9.72 Å². The number of rotatable bonds is 2. The van der Waals surface area contributed by atoms with Crippen LogP contribution in [-0.4, -0.2) is 15.9 Å². The summed E-state index contributed by atoms with van der Waals surface area (Å²) in [4.78, 5) is 25.1. The van der Waals surface area contributed by atoms with Gasteiger partial charge in [-0.1, -0.05) is 34.7 Å². The second-order valence-electron chi connectivity index (χ2n) is 2.40. The standard InChI is InChI=1S/C8H6N2O3.CH3I/c1-6-3-2-4-7(10(12)13)8(6)9-5-11;1-2/h2-4H,1H3;1H3. The first-order valence-electron chi connectivity index (χ1n) is 3.86. The van der Waals surface area contributed by atoms with E-state index in [1.54, 1.807) is 13.0 Å². The monoisotopic (exact) mass is 320 g/mol. The van der Waals surface area contributed by atoms with Crippen LogP contribution >= 0.6 is 22.6 Å². The second kappa shape index (κ2) is 7.08. The van der Waals surface area contributed by atoms with Gasteiger partial charge in [0.05, 0.1) is 4.92 Å². The summed E-state index contributed by atoms with van der Waals surface area (Å²) >= 11 is 2.15. The maximum absolute atomic E-state index is 10.5. The number of nitro benzene ring substituents is 1. The number of hydrogen-bond acceptors (Lipinski definition) is 4. The van der Waals surface area contributed by atoms with Gasteiger partial charge in [-0.2, -0.15) is 4.99 Å². The number of alkyl halides is 1. The van der Waals surface area contributed by atoms with Gasteiger partial charge in [-0.25, -0.2) is 4.79 Å². The van der Waals surface area contributed by atoms with Crippen LogP contribution in [0.2, 0.25) is 0 Å². The molecule has 0 aliphatic rings. The fourth-order valence-electron chi connectivity index (χ4n) is 0.982. The lowest BCUT2D eigenvalue weighted by Crippen LogP contribution is -1.89. The van der Waals surface area contributed by atoms with Crippen LogP contribution in [0.3, 0.4) is 0 Å². The summed E-state index contributed by atoms with van der Waals surface area (Å²) in [5.41, 5.74) is 0.475. The third kappa shape index (κ3) is 3.77. The van der Waals surface area contributed by atoms with Gasteiger partial charge in [0.25, 0.3) is 5.69 Å². The van der Waals surface area contributed by atoms with Crippen LogP contribution < -0.4 is 0 Å². The minimum Gasteiger partial charge on any atom is -0.258 e. The SMILES string of the molecule is CI.Cc1cccc([N+](=O)[O-])c1N=C=O. The van der Waals surface area contributed by atoms with E-state index in [0.717, 1.165) is 0 Å². The van der Waals surface area contributed by atoms with Crippen molar-refractivity contribution in [3.63, 3.8) is 0 Å². The normalized spacial score (nSPS) is 8.20. The topological polar surface area (TPSA) is 72.6 Å². The predicted octanol–water partition coefficient (Wildman–Crippen LogP) is 2.92. The van der Waals surface area contributed by atoms with Gasteiger partial charge in [0.2, 0.25) is 6.08 Å². The Morgan fingerprint density at radius 3 is 2.53 bits per heavy atom. The third-order valence-corrected chi connectivity index (χ3v) is 1.57. The maximum Gasteiger partial charge on any atom is 0.296 e. The van der Waals surface area contributed by atoms with Gasteiger partial charge < -0.3 is 0 Å². The number of nitrogens with zero attached hydrogens (tertiary/aromatic N) is 2. The first kappa shape index (κ1) is 13.7. The van der Waals surface area contributed by atoms with Gasteiger partial charge >= 0.3 is 0 Å². The van der Waals surface area contributed by atoms with Crippen LogP contribution in [0.4, 0.5) is 11.4 Å². The van der Waals surface area contributed by atoms with Crippen molar-refractivity contribution in [1.29, 1.82) is 0 Å². The molecule has 0 atom stereocenters. The van der Waals surface area contributed by atoms with Crippen molar-refractivity contribution >= 4 is 40.0 Å². The number of nitro groups is 1. The zero-order chi connectivity index (χ0) is 11.8. The predicted molar refractivity (Wildman–Crippen MR) is 65.6 cm³/mol. The molecule has 0 saturated carbocycles. The lowest BCUT2D eigenvalue weighted by molar-refractivity contribution is -0.384. The van der Waals surface area contributed by atoms with E-state index in [9.17, 15) is 14.9 Å². The molecule has 5 nitrogen and oxygen atoms in total. The van der Waals surface area contributed by atoms with Crippen LogP contribution in [0.1, 0.15) is 5.56 Å². The third-order valence-electron chi connectivity index (χ3n) is 1.57. The second-order valence-corrected chi connectivity index (χ2v) is 2.40. The summed E-state index contributed by atoms with van der Waals surface area (Å²) in [5, 5.41) is 10.5. The molecule has 0 amide bonds. The molecule has 0 aromatic heterocycles. The summed E-state index contributed by atoms with van der Waals surface area (Å²) < 4.78 is 0. The minimum atomic E-state index is -0.580. The quantitative estimate of drug-likeness (QED) is 0.210. The number of halogens is 1. The number of aryl methyl sites for hydroxylation is 1. The summed E-state index contributed by atoms with van der Waals surface area (Å²) in [5.74, 6) is 0. The Morgan fingerprint density at radius 2 is 2.07 bits per heavy atom. The minimum absolute atomic E-state index is 0.0718. The number of carbonyl (C=O) groups excluding carboxylic acids is 1. The van der Waals surface area contributed by atoms with E-state index in [0.29, 0.717) is 5.56 Å². The molecular weight excluding hydrogens is 311 g/mol. The average Bonchev–Trinajstić information content (AvgIpc) is 2.24. The van der Waals surface area contributed by atoms with E-state index in [2.05, 4.69) is 27.6 Å². The molecule has 0 spiro atoms. The van der Waals surface area contributed by atoms with E-state index in [4.69, 9.17) is 0 Å². The van der Waals surface area contributed by atoms with E-state index < -0.39 is 4.92 Å². The lowest BCUT2D eigenvalue weighted by Gasteiger charge is -1.97. The van der Waals surface area contributed by atoms with Gasteiger partial charge in [-0.15, -0.1) is 0 Å². The maximum atomic E-state index is 10.5. The Hall–Kier alpha value is -1.27. The summed E-state index contributed by atoms with van der Waals surface area (Å²) in [6.07, 6.45) is 1.29. The Morgan fingerprint density at radius 1 is 1.47 bits per heavy atom. The molecule has 0 radical (unpaired) electrons. The van der Waals surface area contributed by atoms with Crippen molar-refractivity contribution in [1.82, 2.24) is 0 Å². The number of benzene rings is 1. The van der Waals surface area contributed by atoms with Gasteiger partial charge in [0, 0.05) is 6.07 Å². The molecule has 0 heterocycles. The Balaban J connectivity index is 0.000000921. The van der Waals surface area contributed by atoms with Gasteiger partial charge in [-0.05, 0) is 17.4 Å². The zero-order valence-electron chi connectivity index (χ0n) is 8.23. The molecule has 1 aromatic rings. The molecule has 0 fully saturated rings. The summed E-state index contributed by atoms with van der Waals surface area (Å²) in [6.45, 7) is 1.64. The fourth-order valence-corrected chi connectivity index (χ4v) is 0.982. The van der Waals surface area contributed by atoms with Gasteiger partial charge in [-0.3, -0.25) is 10.1 Å². The zero-order valence-corrected chi connectivity index (χ0v) is 10.4. The molecule has 80 valence electrons. The number of aliphatic imine (C=N–C) groups is 1. The van der Waals surface area contributed by atoms with Crippen LogP contribution in [0.5, 0.6) is 0 Å². The Labute approximate surface area is 101 Å². The fraction of sp³-hybridized carbons (Fsp3) is 0.222. The van der Waals surface area contributed by atoms with Crippen molar-refractivity contribution in [2.45, 2.75) is 6.92 Å². The highest BCUT2D eigenvalue weighted by molar-refractivity contribution is 14.1. The van der Waals surface area contributed by atoms with E-state index >= 15 is 0 Å². The van der Waals surface area contributed by atoms with E-state index in [1.807, 2.05) is 4.93 Å². The van der Waals surface area contributed by atoms with Crippen LogP contribution in [0.15, 0.2) is 23.2 Å². The van der Waals surface area contributed by atoms with Crippen LogP contribution in [0.25, 0.3) is 0 Å². The highest BCUT2D eigenvalue weighted by atomic mass is 127. The molecule has 0 bridgehead atoms. The molecule has 6 heteroatoms. The molecular formula is C9H9IN2O3. The van der Waals surface area contributed by atoms with E-state index in [1.165, 1.54) is 18.2 Å². The van der Waals surface area contributed by atoms with Crippen LogP contribution in [-0.2, 0) is 4.79 Å². The largest absolute Gasteiger partial charge is 0.296 e. The molecule has 0 aliphatic carbocycles. The van der Waals surface area contributed by atoms with Crippen molar-refractivity contribution in [2.75, 3.05) is 4.93 Å². The highest BCUT2D eigenvalue weighted by Gasteiger charge is 2.14. The van der Waals surface area contributed by atoms with Gasteiger partial charge in [0.15, 0.2) is 5.69 Å². The molecule has 1 rings (SSSR count). The average molecular weight is 320 g/mol. The highest BCUT2D eigenvalue weighted by Crippen LogP contribution is 2.29. The molecule has 15 heavy (non-hydrogen) atoms. The Kier molecular flexibility index (Phi) is 6.48. The smallest absolute Gasteiger partial charge is 0.258 e. The molecule has 1 aromatic carbocycles. The van der Waals surface area contributed by atoms with Crippen molar-refractivity contribution in [3.8, 4) is 0 Å². The van der Waals surface area contributed by atoms with Crippen LogP contribution in [0, 0.1) is 17.0 Å². The van der Waals surface area contributed by atoms with Gasteiger partial charge in [0.1, 0.15) is 0 Å². The Bertz CT molecular complexity index is 400. The molecule has 0 saturated heterocycles. The molecule has 0 unspecified atom stereocenters. The number of isocyanates is 1. The first-order chi connectivity index (χ1) is 7.16. The van der Waals surface area contributed by atoms with Crippen molar-refractivity contribution in [2.24, 2.45) is 4.99 Å². The van der Waals surface area contributed by atoms with Crippen molar-refractivity contribution in [3.05, 3.63) is 33.9 Å². The summed E-state index contributed by atoms with van der Waals surface area (Å²) in [7, 11) is 0. The molecule has 0 aliphatic heterocycles. The first-order valence-corrected chi connectivity index (χ1v) is 6.02. The number of para-hydroxylation sites is 1. The number of hydrogen-bond donors (Lipinski definition) is 0. The lowest BCUT2D eigenvalue weighted by atomic mass is 10.2. The molecule has 0 N–H and O–H groups in total. The van der Waals surface area contributed by atoms with E-state index in [-0.39, 0.29) is 11.4 Å².